The molecule has 7 nitrogen and oxygen atoms in total. The minimum atomic E-state index is 0.696. The second kappa shape index (κ2) is 9.87. The number of nitrogens with one attached hydrogen (secondary N) is 1. The van der Waals surface area contributed by atoms with E-state index in [2.05, 4.69) is 56.3 Å². The molecule has 1 aromatic carbocycles. The van der Waals surface area contributed by atoms with Crippen molar-refractivity contribution in [1.82, 2.24) is 24.9 Å². The van der Waals surface area contributed by atoms with Crippen LogP contribution in [0.15, 0.2) is 73.1 Å². The van der Waals surface area contributed by atoms with Gasteiger partial charge in [-0.2, -0.15) is 0 Å². The van der Waals surface area contributed by atoms with Gasteiger partial charge in [0.2, 0.25) is 0 Å². The van der Waals surface area contributed by atoms with Gasteiger partial charge in [0, 0.05) is 60.8 Å². The molecule has 0 unspecified atom stereocenters. The van der Waals surface area contributed by atoms with Crippen molar-refractivity contribution in [3.63, 3.8) is 0 Å². The van der Waals surface area contributed by atoms with E-state index < -0.39 is 0 Å². The molecule has 5 heterocycles. The van der Waals surface area contributed by atoms with Gasteiger partial charge in [-0.1, -0.05) is 18.2 Å². The molecule has 0 saturated carbocycles. The molecule has 0 amide bonds. The summed E-state index contributed by atoms with van der Waals surface area (Å²) >= 11 is 0. The van der Waals surface area contributed by atoms with Crippen LogP contribution >= 0.6 is 0 Å². The Hall–Kier alpha value is -4.10. The maximum absolute atomic E-state index is 5.46. The van der Waals surface area contributed by atoms with Gasteiger partial charge in [0.1, 0.15) is 11.5 Å². The first-order valence-electron chi connectivity index (χ1n) is 12.3. The Balaban J connectivity index is 1.23. The fourth-order valence-corrected chi connectivity index (χ4v) is 4.72. The number of rotatable bonds is 6. The number of nitrogens with zero attached hydrogens (tertiary/aromatic N) is 5. The quantitative estimate of drug-likeness (QED) is 0.381. The standard InChI is InChI=1S/C29H28N6O/c1-20-3-2-4-26(32-20)27-19-22(25-10-12-31-29(25)34-27)18-23-9-11-30-28(33-23)17-21-5-7-24(8-6-21)35-13-15-36-16-14-35/h2-12,19H,13-18H2,1H3,(H,31,34). The molecule has 0 spiro atoms. The SMILES string of the molecule is Cc1cccc(-c2cc(Cc3ccnc(Cc4ccc(N5CCOCC5)cc4)n3)c3cc[nH]c3n2)n1. The van der Waals surface area contributed by atoms with Crippen molar-refractivity contribution in [2.75, 3.05) is 31.2 Å². The molecule has 1 aliphatic heterocycles. The van der Waals surface area contributed by atoms with Gasteiger partial charge in [-0.25, -0.2) is 15.0 Å². The van der Waals surface area contributed by atoms with E-state index in [9.17, 15) is 0 Å². The molecule has 0 aliphatic carbocycles. The lowest BCUT2D eigenvalue weighted by molar-refractivity contribution is 0.122. The molecule has 180 valence electrons. The summed E-state index contributed by atoms with van der Waals surface area (Å²) in [6.07, 6.45) is 5.19. The van der Waals surface area contributed by atoms with E-state index in [-0.39, 0.29) is 0 Å². The van der Waals surface area contributed by atoms with E-state index in [0.29, 0.717) is 12.8 Å². The number of fused-ring (bicyclic) bond motifs is 1. The first-order chi connectivity index (χ1) is 17.7. The van der Waals surface area contributed by atoms with E-state index in [1.807, 2.05) is 43.6 Å². The zero-order valence-electron chi connectivity index (χ0n) is 20.3. The van der Waals surface area contributed by atoms with Crippen LogP contribution in [0.3, 0.4) is 0 Å². The monoisotopic (exact) mass is 476 g/mol. The van der Waals surface area contributed by atoms with Gasteiger partial charge in [-0.15, -0.1) is 0 Å². The van der Waals surface area contributed by atoms with Crippen molar-refractivity contribution in [3.05, 3.63) is 101 Å². The van der Waals surface area contributed by atoms with Crippen LogP contribution in [0.5, 0.6) is 0 Å². The van der Waals surface area contributed by atoms with Crippen LogP contribution in [0.4, 0.5) is 5.69 Å². The number of ether oxygens (including phenoxy) is 1. The second-order valence-electron chi connectivity index (χ2n) is 9.15. The van der Waals surface area contributed by atoms with E-state index in [0.717, 1.165) is 65.9 Å². The molecule has 1 fully saturated rings. The van der Waals surface area contributed by atoms with Crippen LogP contribution in [-0.4, -0.2) is 51.2 Å². The summed E-state index contributed by atoms with van der Waals surface area (Å²) in [5.74, 6) is 0.826. The predicted octanol–water partition coefficient (Wildman–Crippen LogP) is 4.74. The third kappa shape index (κ3) is 4.83. The summed E-state index contributed by atoms with van der Waals surface area (Å²) in [5.41, 5.74) is 8.16. The number of H-pyrrole nitrogens is 1. The molecule has 1 aliphatic rings. The number of aromatic nitrogens is 5. The summed E-state index contributed by atoms with van der Waals surface area (Å²) < 4.78 is 5.46. The maximum atomic E-state index is 5.46. The summed E-state index contributed by atoms with van der Waals surface area (Å²) in [6.45, 7) is 5.46. The summed E-state index contributed by atoms with van der Waals surface area (Å²) in [7, 11) is 0. The number of pyridine rings is 2. The van der Waals surface area contributed by atoms with Gasteiger partial charge in [0.15, 0.2) is 0 Å². The lowest BCUT2D eigenvalue weighted by atomic mass is 10.0. The molecule has 7 heteroatoms. The molecule has 5 aromatic rings. The van der Waals surface area contributed by atoms with E-state index in [4.69, 9.17) is 14.7 Å². The highest BCUT2D eigenvalue weighted by Gasteiger charge is 2.13. The van der Waals surface area contributed by atoms with Crippen molar-refractivity contribution in [1.29, 1.82) is 0 Å². The lowest BCUT2D eigenvalue weighted by Gasteiger charge is -2.28. The van der Waals surface area contributed by atoms with Gasteiger partial charge in [-0.05, 0) is 60.5 Å². The van der Waals surface area contributed by atoms with E-state index in [1.165, 1.54) is 16.8 Å². The normalized spacial score (nSPS) is 13.9. The Morgan fingerprint density at radius 3 is 2.58 bits per heavy atom. The van der Waals surface area contributed by atoms with Gasteiger partial charge >= 0.3 is 0 Å². The first-order valence-corrected chi connectivity index (χ1v) is 12.3. The van der Waals surface area contributed by atoms with Crippen LogP contribution in [0.25, 0.3) is 22.4 Å². The molecule has 0 bridgehead atoms. The number of benzene rings is 1. The van der Waals surface area contributed by atoms with Crippen LogP contribution in [0.2, 0.25) is 0 Å². The molecule has 0 radical (unpaired) electrons. The second-order valence-corrected chi connectivity index (χ2v) is 9.15. The van der Waals surface area contributed by atoms with E-state index >= 15 is 0 Å². The largest absolute Gasteiger partial charge is 0.378 e. The van der Waals surface area contributed by atoms with Crippen molar-refractivity contribution in [2.45, 2.75) is 19.8 Å². The average molecular weight is 477 g/mol. The smallest absolute Gasteiger partial charge is 0.138 e. The summed E-state index contributed by atoms with van der Waals surface area (Å²) in [5, 5.41) is 1.10. The fourth-order valence-electron chi connectivity index (χ4n) is 4.72. The predicted molar refractivity (Wildman–Crippen MR) is 141 cm³/mol. The first kappa shape index (κ1) is 22.4. The van der Waals surface area contributed by atoms with Crippen molar-refractivity contribution >= 4 is 16.7 Å². The zero-order valence-corrected chi connectivity index (χ0v) is 20.3. The molecule has 6 rings (SSSR count). The number of hydrogen-bond acceptors (Lipinski definition) is 6. The Kier molecular flexibility index (Phi) is 6.13. The van der Waals surface area contributed by atoms with E-state index in [1.54, 1.807) is 0 Å². The average Bonchev–Trinajstić information content (AvgIpc) is 3.39. The van der Waals surface area contributed by atoms with Crippen molar-refractivity contribution in [3.8, 4) is 11.4 Å². The van der Waals surface area contributed by atoms with Crippen molar-refractivity contribution in [2.24, 2.45) is 0 Å². The highest BCUT2D eigenvalue weighted by atomic mass is 16.5. The molecule has 0 atom stereocenters. The Morgan fingerprint density at radius 1 is 0.889 bits per heavy atom. The van der Waals surface area contributed by atoms with Crippen LogP contribution < -0.4 is 4.90 Å². The highest BCUT2D eigenvalue weighted by molar-refractivity contribution is 5.82. The molecule has 1 N–H and O–H groups in total. The number of aromatic amines is 1. The summed E-state index contributed by atoms with van der Waals surface area (Å²) in [6, 6.07) is 20.9. The molecule has 1 saturated heterocycles. The van der Waals surface area contributed by atoms with Gasteiger partial charge < -0.3 is 14.6 Å². The summed E-state index contributed by atoms with van der Waals surface area (Å²) in [4.78, 5) is 24.5. The number of morpholine rings is 1. The maximum Gasteiger partial charge on any atom is 0.138 e. The van der Waals surface area contributed by atoms with Crippen molar-refractivity contribution < 1.29 is 4.74 Å². The van der Waals surface area contributed by atoms with Crippen LogP contribution in [0, 0.1) is 6.92 Å². The minimum Gasteiger partial charge on any atom is -0.378 e. The molecule has 4 aromatic heterocycles. The third-order valence-electron chi connectivity index (χ3n) is 6.57. The van der Waals surface area contributed by atoms with Gasteiger partial charge in [0.25, 0.3) is 0 Å². The van der Waals surface area contributed by atoms with Crippen LogP contribution in [-0.2, 0) is 17.6 Å². The Labute approximate surface area is 210 Å². The number of hydrogen-bond donors (Lipinski definition) is 1. The topological polar surface area (TPSA) is 79.8 Å². The highest BCUT2D eigenvalue weighted by Crippen LogP contribution is 2.25. The lowest BCUT2D eigenvalue weighted by Crippen LogP contribution is -2.36. The minimum absolute atomic E-state index is 0.696. The number of aryl methyl sites for hydroxylation is 1. The fraction of sp³-hybridized carbons (Fsp3) is 0.241. The molecular weight excluding hydrogens is 448 g/mol. The molecular formula is C29H28N6O. The Morgan fingerprint density at radius 2 is 1.75 bits per heavy atom. The third-order valence-corrected chi connectivity index (χ3v) is 6.57. The van der Waals surface area contributed by atoms with Gasteiger partial charge in [0.05, 0.1) is 24.6 Å². The van der Waals surface area contributed by atoms with Crippen LogP contribution in [0.1, 0.15) is 28.3 Å². The zero-order chi connectivity index (χ0) is 24.3. The van der Waals surface area contributed by atoms with Gasteiger partial charge in [-0.3, -0.25) is 4.98 Å². The Bertz CT molecular complexity index is 1490. The number of anilines is 1. The molecule has 36 heavy (non-hydrogen) atoms.